The fourth-order valence-electron chi connectivity index (χ4n) is 1.45. The minimum absolute atomic E-state index is 0.112. The molecule has 0 bridgehead atoms. The summed E-state index contributed by atoms with van der Waals surface area (Å²) in [5, 5.41) is 0.571. The molecular weight excluding hydrogens is 298 g/mol. The maximum absolute atomic E-state index is 11.4. The van der Waals surface area contributed by atoms with Gasteiger partial charge in [-0.3, -0.25) is 0 Å². The first kappa shape index (κ1) is 15.4. The van der Waals surface area contributed by atoms with E-state index in [1.165, 1.54) is 0 Å². The zero-order chi connectivity index (χ0) is 14.0. The van der Waals surface area contributed by atoms with Crippen LogP contribution in [0.15, 0.2) is 24.3 Å². The number of rotatable bonds is 5. The van der Waals surface area contributed by atoms with Crippen LogP contribution in [0.2, 0.25) is 5.02 Å². The normalized spacial score (nSPS) is 12.9. The molecule has 0 aliphatic heterocycles. The lowest BCUT2D eigenvalue weighted by Crippen LogP contribution is -2.36. The third kappa shape index (κ3) is 4.56. The Labute approximate surface area is 112 Å². The van der Waals surface area contributed by atoms with Gasteiger partial charge >= 0.3 is 0 Å². The zero-order valence-electron chi connectivity index (χ0n) is 10.00. The average Bonchev–Trinajstić information content (AvgIpc) is 2.17. The van der Waals surface area contributed by atoms with Crippen molar-refractivity contribution < 1.29 is 16.8 Å². The molecule has 0 heterocycles. The summed E-state index contributed by atoms with van der Waals surface area (Å²) in [6.07, 6.45) is 2.04. The smallest absolute Gasteiger partial charge is 0.212 e. The number of hydrogen-bond donors (Lipinski definition) is 0. The molecule has 0 unspecified atom stereocenters. The van der Waals surface area contributed by atoms with Gasteiger partial charge in [0, 0.05) is 11.6 Å². The Bertz CT molecular complexity index is 576. The van der Waals surface area contributed by atoms with Crippen LogP contribution in [0.1, 0.15) is 5.56 Å². The molecule has 1 aromatic carbocycles. The van der Waals surface area contributed by atoms with Crippen molar-refractivity contribution in [3.05, 3.63) is 34.9 Å². The van der Waals surface area contributed by atoms with Crippen molar-refractivity contribution in [2.75, 3.05) is 19.1 Å². The van der Waals surface area contributed by atoms with Crippen LogP contribution in [0, 0.1) is 0 Å². The number of halogens is 1. The SMILES string of the molecule is CS(=O)(=O)N(CCc1ccc(Cl)cc1)S(C)(=O)=O. The van der Waals surface area contributed by atoms with Crippen LogP contribution in [0.5, 0.6) is 0 Å². The summed E-state index contributed by atoms with van der Waals surface area (Å²) in [5.74, 6) is 0. The van der Waals surface area contributed by atoms with E-state index < -0.39 is 20.0 Å². The first-order valence-corrected chi connectivity index (χ1v) is 9.10. The molecule has 0 aliphatic rings. The van der Waals surface area contributed by atoms with Crippen LogP contribution >= 0.6 is 11.6 Å². The van der Waals surface area contributed by atoms with Gasteiger partial charge in [0.1, 0.15) is 0 Å². The molecule has 0 atom stereocenters. The van der Waals surface area contributed by atoms with E-state index in [1.807, 2.05) is 0 Å². The summed E-state index contributed by atoms with van der Waals surface area (Å²) in [4.78, 5) is 0. The number of sulfonamides is 2. The summed E-state index contributed by atoms with van der Waals surface area (Å²) in [7, 11) is -7.56. The van der Waals surface area contributed by atoms with Gasteiger partial charge in [0.2, 0.25) is 20.0 Å². The van der Waals surface area contributed by atoms with E-state index in [0.29, 0.717) is 15.2 Å². The summed E-state index contributed by atoms with van der Waals surface area (Å²) >= 11 is 5.72. The van der Waals surface area contributed by atoms with E-state index >= 15 is 0 Å². The lowest BCUT2D eigenvalue weighted by Gasteiger charge is -2.17. The average molecular weight is 312 g/mol. The molecular formula is C10H14ClNO4S2. The Hall–Kier alpha value is -0.630. The van der Waals surface area contributed by atoms with Gasteiger partial charge in [-0.1, -0.05) is 27.4 Å². The van der Waals surface area contributed by atoms with Crippen molar-refractivity contribution in [3.63, 3.8) is 0 Å². The molecule has 0 spiro atoms. The summed E-state index contributed by atoms with van der Waals surface area (Å²) in [6.45, 7) is -0.112. The molecule has 0 saturated carbocycles. The molecule has 8 heteroatoms. The highest BCUT2D eigenvalue weighted by Crippen LogP contribution is 2.12. The maximum Gasteiger partial charge on any atom is 0.224 e. The van der Waals surface area contributed by atoms with Crippen molar-refractivity contribution in [1.29, 1.82) is 0 Å². The van der Waals surface area contributed by atoms with Crippen molar-refractivity contribution >= 4 is 31.6 Å². The highest BCUT2D eigenvalue weighted by atomic mass is 35.5. The third-order valence-corrected chi connectivity index (χ3v) is 5.96. The van der Waals surface area contributed by atoms with Gasteiger partial charge in [0.25, 0.3) is 0 Å². The maximum atomic E-state index is 11.4. The molecule has 1 aromatic rings. The minimum Gasteiger partial charge on any atom is -0.212 e. The Morgan fingerprint density at radius 3 is 1.83 bits per heavy atom. The Balaban J connectivity index is 2.85. The van der Waals surface area contributed by atoms with Gasteiger partial charge < -0.3 is 0 Å². The molecule has 18 heavy (non-hydrogen) atoms. The molecule has 0 aliphatic carbocycles. The van der Waals surface area contributed by atoms with Gasteiger partial charge in [0.15, 0.2) is 0 Å². The summed E-state index contributed by atoms with van der Waals surface area (Å²) < 4.78 is 46.0. The van der Waals surface area contributed by atoms with E-state index in [0.717, 1.165) is 18.1 Å². The zero-order valence-corrected chi connectivity index (χ0v) is 12.4. The lowest BCUT2D eigenvalue weighted by molar-refractivity contribution is 0.506. The second kappa shape index (κ2) is 5.56. The van der Waals surface area contributed by atoms with Gasteiger partial charge in [0.05, 0.1) is 12.5 Å². The van der Waals surface area contributed by atoms with E-state index in [2.05, 4.69) is 0 Å². The van der Waals surface area contributed by atoms with Crippen molar-refractivity contribution in [3.8, 4) is 0 Å². The van der Waals surface area contributed by atoms with Crippen molar-refractivity contribution in [2.24, 2.45) is 0 Å². The van der Waals surface area contributed by atoms with Gasteiger partial charge in [-0.05, 0) is 24.1 Å². The second-order valence-electron chi connectivity index (χ2n) is 3.90. The topological polar surface area (TPSA) is 71.5 Å². The van der Waals surface area contributed by atoms with E-state index in [-0.39, 0.29) is 6.54 Å². The predicted molar refractivity (Wildman–Crippen MR) is 71.5 cm³/mol. The van der Waals surface area contributed by atoms with Crippen molar-refractivity contribution in [2.45, 2.75) is 6.42 Å². The van der Waals surface area contributed by atoms with Gasteiger partial charge in [-0.2, -0.15) is 0 Å². The first-order chi connectivity index (χ1) is 8.10. The van der Waals surface area contributed by atoms with Crippen LogP contribution in [0.4, 0.5) is 0 Å². The third-order valence-electron chi connectivity index (χ3n) is 2.24. The molecule has 0 aromatic heterocycles. The monoisotopic (exact) mass is 311 g/mol. The fourth-order valence-corrected chi connectivity index (χ4v) is 4.39. The Kier molecular flexibility index (Phi) is 4.77. The highest BCUT2D eigenvalue weighted by Gasteiger charge is 2.26. The fraction of sp³-hybridized carbons (Fsp3) is 0.400. The lowest BCUT2D eigenvalue weighted by atomic mass is 10.2. The number of benzene rings is 1. The quantitative estimate of drug-likeness (QED) is 0.816. The molecule has 102 valence electrons. The Morgan fingerprint density at radius 2 is 1.44 bits per heavy atom. The second-order valence-corrected chi connectivity index (χ2v) is 8.38. The van der Waals surface area contributed by atoms with Crippen LogP contribution < -0.4 is 0 Å². The summed E-state index contributed by atoms with van der Waals surface area (Å²) in [5.41, 5.74) is 0.816. The minimum atomic E-state index is -3.78. The standard InChI is InChI=1S/C10H14ClNO4S2/c1-17(13,14)12(18(2,15)16)8-7-9-3-5-10(11)6-4-9/h3-6H,7-8H2,1-2H3. The summed E-state index contributed by atoms with van der Waals surface area (Å²) in [6, 6.07) is 6.79. The molecule has 1 rings (SSSR count). The van der Waals surface area contributed by atoms with Gasteiger partial charge in [-0.15, -0.1) is 0 Å². The number of nitrogens with zero attached hydrogens (tertiary/aromatic N) is 1. The first-order valence-electron chi connectivity index (χ1n) is 5.03. The van der Waals surface area contributed by atoms with E-state index in [9.17, 15) is 16.8 Å². The molecule has 0 saturated heterocycles. The van der Waals surface area contributed by atoms with Crippen LogP contribution in [0.25, 0.3) is 0 Å². The molecule has 0 radical (unpaired) electrons. The van der Waals surface area contributed by atoms with E-state index in [1.54, 1.807) is 24.3 Å². The molecule has 0 N–H and O–H groups in total. The van der Waals surface area contributed by atoms with Crippen molar-refractivity contribution in [1.82, 2.24) is 3.71 Å². The van der Waals surface area contributed by atoms with Crippen LogP contribution in [0.3, 0.4) is 0 Å². The highest BCUT2D eigenvalue weighted by molar-refractivity contribution is 8.03. The Morgan fingerprint density at radius 1 is 1.00 bits per heavy atom. The molecule has 5 nitrogen and oxygen atoms in total. The number of hydrogen-bond acceptors (Lipinski definition) is 4. The van der Waals surface area contributed by atoms with E-state index in [4.69, 9.17) is 11.6 Å². The molecule has 0 amide bonds. The van der Waals surface area contributed by atoms with Crippen LogP contribution in [-0.4, -0.2) is 39.6 Å². The predicted octanol–water partition coefficient (Wildman–Crippen LogP) is 1.10. The van der Waals surface area contributed by atoms with Crippen LogP contribution in [-0.2, 0) is 26.5 Å². The largest absolute Gasteiger partial charge is 0.224 e. The molecule has 0 fully saturated rings. The van der Waals surface area contributed by atoms with Gasteiger partial charge in [-0.25, -0.2) is 16.8 Å².